The second-order valence-electron chi connectivity index (χ2n) is 5.70. The first-order valence-corrected chi connectivity index (χ1v) is 7.05. The highest BCUT2D eigenvalue weighted by Crippen LogP contribution is 2.42. The SMILES string of the molecule is CNC(c1ccc(OC(C)C)cc1)C(C)C1CC1. The van der Waals surface area contributed by atoms with E-state index in [1.165, 1.54) is 18.4 Å². The zero-order valence-corrected chi connectivity index (χ0v) is 11.9. The first-order chi connectivity index (χ1) is 8.61. The molecule has 1 aliphatic carbocycles. The van der Waals surface area contributed by atoms with E-state index in [9.17, 15) is 0 Å². The molecule has 1 saturated carbocycles. The maximum absolute atomic E-state index is 5.68. The summed E-state index contributed by atoms with van der Waals surface area (Å²) in [6, 6.07) is 9.01. The third-order valence-corrected chi connectivity index (χ3v) is 3.81. The lowest BCUT2D eigenvalue weighted by Gasteiger charge is -2.24. The summed E-state index contributed by atoms with van der Waals surface area (Å²) in [6.07, 6.45) is 3.03. The van der Waals surface area contributed by atoms with Gasteiger partial charge in [0.2, 0.25) is 0 Å². The summed E-state index contributed by atoms with van der Waals surface area (Å²) >= 11 is 0. The quantitative estimate of drug-likeness (QED) is 0.826. The van der Waals surface area contributed by atoms with Crippen LogP contribution in [0.3, 0.4) is 0 Å². The number of benzene rings is 1. The van der Waals surface area contributed by atoms with Crippen LogP contribution in [0.25, 0.3) is 0 Å². The molecule has 1 aromatic carbocycles. The van der Waals surface area contributed by atoms with E-state index < -0.39 is 0 Å². The van der Waals surface area contributed by atoms with Gasteiger partial charge < -0.3 is 10.1 Å². The van der Waals surface area contributed by atoms with Gasteiger partial charge in [0.1, 0.15) is 5.75 Å². The van der Waals surface area contributed by atoms with E-state index in [-0.39, 0.29) is 6.10 Å². The minimum absolute atomic E-state index is 0.237. The third kappa shape index (κ3) is 3.26. The predicted octanol–water partition coefficient (Wildman–Crippen LogP) is 3.78. The van der Waals surface area contributed by atoms with Gasteiger partial charge in [-0.25, -0.2) is 0 Å². The summed E-state index contributed by atoms with van der Waals surface area (Å²) in [7, 11) is 2.06. The van der Waals surface area contributed by atoms with Crippen LogP contribution in [0.15, 0.2) is 24.3 Å². The summed E-state index contributed by atoms with van der Waals surface area (Å²) in [5.74, 6) is 2.59. The molecule has 1 N–H and O–H groups in total. The molecule has 0 heterocycles. The molecule has 0 bridgehead atoms. The van der Waals surface area contributed by atoms with Gasteiger partial charge in [-0.3, -0.25) is 0 Å². The molecule has 100 valence electrons. The second-order valence-corrected chi connectivity index (χ2v) is 5.70. The van der Waals surface area contributed by atoms with E-state index in [0.717, 1.165) is 11.7 Å². The molecule has 2 heteroatoms. The topological polar surface area (TPSA) is 21.3 Å². The summed E-state index contributed by atoms with van der Waals surface area (Å²) < 4.78 is 5.68. The Morgan fingerprint density at radius 3 is 2.17 bits per heavy atom. The van der Waals surface area contributed by atoms with Crippen molar-refractivity contribution in [2.45, 2.75) is 45.8 Å². The molecule has 2 nitrogen and oxygen atoms in total. The Kier molecular flexibility index (Phi) is 4.28. The van der Waals surface area contributed by atoms with Crippen LogP contribution in [-0.4, -0.2) is 13.2 Å². The largest absolute Gasteiger partial charge is 0.491 e. The molecule has 2 rings (SSSR count). The van der Waals surface area contributed by atoms with Crippen LogP contribution < -0.4 is 10.1 Å². The number of nitrogens with one attached hydrogen (secondary N) is 1. The highest BCUT2D eigenvalue weighted by Gasteiger charge is 2.33. The number of hydrogen-bond acceptors (Lipinski definition) is 2. The molecule has 1 aliphatic rings. The molecule has 18 heavy (non-hydrogen) atoms. The minimum atomic E-state index is 0.237. The van der Waals surface area contributed by atoms with Gasteiger partial charge in [0.25, 0.3) is 0 Å². The molecule has 0 spiro atoms. The highest BCUT2D eigenvalue weighted by molar-refractivity contribution is 5.29. The predicted molar refractivity (Wildman–Crippen MR) is 75.9 cm³/mol. The van der Waals surface area contributed by atoms with Crippen molar-refractivity contribution in [3.63, 3.8) is 0 Å². The summed E-state index contributed by atoms with van der Waals surface area (Å²) in [5, 5.41) is 3.46. The zero-order chi connectivity index (χ0) is 13.1. The smallest absolute Gasteiger partial charge is 0.119 e. The van der Waals surface area contributed by atoms with Crippen molar-refractivity contribution in [1.82, 2.24) is 5.32 Å². The van der Waals surface area contributed by atoms with Crippen molar-refractivity contribution in [2.24, 2.45) is 11.8 Å². The Balaban J connectivity index is 2.06. The maximum Gasteiger partial charge on any atom is 0.119 e. The maximum atomic E-state index is 5.68. The van der Waals surface area contributed by atoms with Gasteiger partial charge in [0.05, 0.1) is 6.10 Å². The lowest BCUT2D eigenvalue weighted by atomic mass is 9.91. The van der Waals surface area contributed by atoms with E-state index in [1.807, 2.05) is 0 Å². The molecule has 0 radical (unpaired) electrons. The number of rotatable bonds is 6. The van der Waals surface area contributed by atoms with Crippen LogP contribution in [0.5, 0.6) is 5.75 Å². The monoisotopic (exact) mass is 247 g/mol. The molecule has 1 fully saturated rings. The van der Waals surface area contributed by atoms with Crippen LogP contribution in [0.2, 0.25) is 0 Å². The number of ether oxygens (including phenoxy) is 1. The van der Waals surface area contributed by atoms with Crippen molar-refractivity contribution < 1.29 is 4.74 Å². The molecule has 2 atom stereocenters. The van der Waals surface area contributed by atoms with Gasteiger partial charge in [-0.05, 0) is 63.3 Å². The lowest BCUT2D eigenvalue weighted by Crippen LogP contribution is -2.24. The summed E-state index contributed by atoms with van der Waals surface area (Å²) in [5.41, 5.74) is 1.37. The van der Waals surface area contributed by atoms with E-state index in [2.05, 4.69) is 57.4 Å². The molecule has 0 aromatic heterocycles. The van der Waals surface area contributed by atoms with Gasteiger partial charge in [0, 0.05) is 6.04 Å². The molecular formula is C16H25NO. The summed E-state index contributed by atoms with van der Waals surface area (Å²) in [4.78, 5) is 0. The Bertz CT molecular complexity index is 367. The third-order valence-electron chi connectivity index (χ3n) is 3.81. The van der Waals surface area contributed by atoms with Gasteiger partial charge >= 0.3 is 0 Å². The normalized spacial score (nSPS) is 18.7. The molecule has 0 aliphatic heterocycles. The first-order valence-electron chi connectivity index (χ1n) is 7.05. The van der Waals surface area contributed by atoms with Crippen LogP contribution >= 0.6 is 0 Å². The number of hydrogen-bond donors (Lipinski definition) is 1. The average molecular weight is 247 g/mol. The zero-order valence-electron chi connectivity index (χ0n) is 11.9. The Hall–Kier alpha value is -1.02. The average Bonchev–Trinajstić information content (AvgIpc) is 3.15. The van der Waals surface area contributed by atoms with Crippen molar-refractivity contribution in [3.8, 4) is 5.75 Å². The first kappa shape index (κ1) is 13.4. The minimum Gasteiger partial charge on any atom is -0.491 e. The molecular weight excluding hydrogens is 222 g/mol. The van der Waals surface area contributed by atoms with Crippen LogP contribution in [-0.2, 0) is 0 Å². The standard InChI is InChI=1S/C16H25NO/c1-11(2)18-15-9-7-14(8-10-15)16(17-4)12(3)13-5-6-13/h7-13,16-17H,5-6H2,1-4H3. The van der Waals surface area contributed by atoms with Crippen molar-refractivity contribution in [3.05, 3.63) is 29.8 Å². The van der Waals surface area contributed by atoms with Crippen LogP contribution in [0.4, 0.5) is 0 Å². The van der Waals surface area contributed by atoms with Crippen molar-refractivity contribution in [1.29, 1.82) is 0 Å². The molecule has 2 unspecified atom stereocenters. The van der Waals surface area contributed by atoms with Crippen molar-refractivity contribution in [2.75, 3.05) is 7.05 Å². The molecule has 0 saturated heterocycles. The molecule has 1 aromatic rings. The van der Waals surface area contributed by atoms with E-state index in [1.54, 1.807) is 0 Å². The lowest BCUT2D eigenvalue weighted by molar-refractivity contribution is 0.242. The fourth-order valence-corrected chi connectivity index (χ4v) is 2.65. The van der Waals surface area contributed by atoms with Gasteiger partial charge in [-0.1, -0.05) is 19.1 Å². The summed E-state index contributed by atoms with van der Waals surface area (Å²) in [6.45, 7) is 6.47. The fraction of sp³-hybridized carbons (Fsp3) is 0.625. The highest BCUT2D eigenvalue weighted by atomic mass is 16.5. The fourth-order valence-electron chi connectivity index (χ4n) is 2.65. The Labute approximate surface area is 111 Å². The van der Waals surface area contributed by atoms with Crippen molar-refractivity contribution >= 4 is 0 Å². The van der Waals surface area contributed by atoms with E-state index >= 15 is 0 Å². The Morgan fingerprint density at radius 1 is 1.11 bits per heavy atom. The van der Waals surface area contributed by atoms with E-state index in [4.69, 9.17) is 4.74 Å². The van der Waals surface area contributed by atoms with Gasteiger partial charge in [-0.2, -0.15) is 0 Å². The Morgan fingerprint density at radius 2 is 1.72 bits per heavy atom. The van der Waals surface area contributed by atoms with Crippen LogP contribution in [0, 0.1) is 11.8 Å². The van der Waals surface area contributed by atoms with Gasteiger partial charge in [-0.15, -0.1) is 0 Å². The molecule has 0 amide bonds. The van der Waals surface area contributed by atoms with Crippen LogP contribution in [0.1, 0.15) is 45.2 Å². The van der Waals surface area contributed by atoms with E-state index in [0.29, 0.717) is 12.0 Å². The second kappa shape index (κ2) is 5.75. The van der Waals surface area contributed by atoms with Gasteiger partial charge in [0.15, 0.2) is 0 Å².